The van der Waals surface area contributed by atoms with Gasteiger partial charge in [-0.2, -0.15) is 8.78 Å². The van der Waals surface area contributed by atoms with Gasteiger partial charge in [-0.05, 0) is 11.4 Å². The first-order valence-electron chi connectivity index (χ1n) is 3.06. The summed E-state index contributed by atoms with van der Waals surface area (Å²) in [5.74, 6) is -1.63. The average molecular weight is 210 g/mol. The van der Waals surface area contributed by atoms with E-state index in [0.29, 0.717) is 0 Å². The molecule has 12 heavy (non-hydrogen) atoms. The molecule has 5 heteroatoms. The first-order chi connectivity index (χ1) is 5.70. The van der Waals surface area contributed by atoms with Crippen molar-refractivity contribution in [2.24, 2.45) is 0 Å². The Hall–Kier alpha value is -0.420. The molecule has 0 bridgehead atoms. The maximum atomic E-state index is 12.2. The minimum absolute atomic E-state index is 0.289. The molecule has 0 aliphatic carbocycles. The van der Waals surface area contributed by atoms with Crippen LogP contribution < -0.4 is 0 Å². The molecule has 1 rings (SSSR count). The van der Waals surface area contributed by atoms with Crippen LogP contribution in [0.2, 0.25) is 0 Å². The topological polar surface area (TPSA) is 0 Å². The second kappa shape index (κ2) is 4.57. The van der Waals surface area contributed by atoms with Crippen molar-refractivity contribution in [1.82, 2.24) is 0 Å². The average Bonchev–Trinajstić information content (AvgIpc) is 2.51. The molecular weight excluding hydrogens is 205 g/mol. The van der Waals surface area contributed by atoms with Crippen LogP contribution in [0.25, 0.3) is 0 Å². The summed E-state index contributed by atoms with van der Waals surface area (Å²) in [6.45, 7) is 0. The van der Waals surface area contributed by atoms with Gasteiger partial charge < -0.3 is 0 Å². The van der Waals surface area contributed by atoms with Crippen LogP contribution >= 0.6 is 23.1 Å². The van der Waals surface area contributed by atoms with Crippen molar-refractivity contribution in [2.75, 3.05) is 5.75 Å². The number of thioether (sulfide) groups is 1. The minimum Gasteiger partial charge on any atom is -0.205 e. The number of halogens is 3. The second-order valence-electron chi connectivity index (χ2n) is 1.89. The van der Waals surface area contributed by atoms with Crippen LogP contribution in [0.15, 0.2) is 33.6 Å². The lowest BCUT2D eigenvalue weighted by molar-refractivity contribution is 0.381. The fraction of sp³-hybridized carbons (Fsp3) is 0.143. The Morgan fingerprint density at radius 2 is 2.17 bits per heavy atom. The first-order valence-corrected chi connectivity index (χ1v) is 4.92. The SMILES string of the molecule is FC(F)=C(F)CSc1cccs1. The molecule has 0 saturated heterocycles. The lowest BCUT2D eigenvalue weighted by atomic mass is 10.7. The van der Waals surface area contributed by atoms with Crippen molar-refractivity contribution in [3.8, 4) is 0 Å². The maximum absolute atomic E-state index is 12.2. The molecular formula is C7H5F3S2. The summed E-state index contributed by atoms with van der Waals surface area (Å²) in [7, 11) is 0. The highest BCUT2D eigenvalue weighted by Crippen LogP contribution is 2.26. The zero-order valence-electron chi connectivity index (χ0n) is 5.89. The number of hydrogen-bond acceptors (Lipinski definition) is 2. The molecule has 66 valence electrons. The maximum Gasteiger partial charge on any atom is 0.302 e. The van der Waals surface area contributed by atoms with E-state index in [2.05, 4.69) is 0 Å². The van der Waals surface area contributed by atoms with Crippen LogP contribution in [0.5, 0.6) is 0 Å². The summed E-state index contributed by atoms with van der Waals surface area (Å²) < 4.78 is 36.2. The van der Waals surface area contributed by atoms with E-state index in [1.54, 1.807) is 12.1 Å². The lowest BCUT2D eigenvalue weighted by Gasteiger charge is -1.93. The molecule has 0 aromatic carbocycles. The molecule has 0 N–H and O–H groups in total. The Labute approximate surface area is 76.1 Å². The van der Waals surface area contributed by atoms with Gasteiger partial charge >= 0.3 is 6.08 Å². The molecule has 0 aliphatic rings. The zero-order valence-corrected chi connectivity index (χ0v) is 7.52. The molecule has 0 fully saturated rings. The summed E-state index contributed by atoms with van der Waals surface area (Å²) >= 11 is 2.47. The second-order valence-corrected chi connectivity index (χ2v) is 4.11. The molecule has 0 nitrogen and oxygen atoms in total. The predicted octanol–water partition coefficient (Wildman–Crippen LogP) is 3.92. The van der Waals surface area contributed by atoms with E-state index in [-0.39, 0.29) is 5.75 Å². The van der Waals surface area contributed by atoms with Gasteiger partial charge in [0.25, 0.3) is 0 Å². The quantitative estimate of drug-likeness (QED) is 0.681. The molecule has 0 aliphatic heterocycles. The van der Waals surface area contributed by atoms with Crippen LogP contribution in [0.4, 0.5) is 13.2 Å². The minimum atomic E-state index is -2.22. The van der Waals surface area contributed by atoms with Crippen molar-refractivity contribution >= 4 is 23.1 Å². The molecule has 0 atom stereocenters. The highest BCUT2D eigenvalue weighted by molar-refractivity contribution is 8.01. The Bertz CT molecular complexity index is 262. The van der Waals surface area contributed by atoms with Gasteiger partial charge in [-0.15, -0.1) is 23.1 Å². The van der Waals surface area contributed by atoms with Gasteiger partial charge in [-0.1, -0.05) is 6.07 Å². The van der Waals surface area contributed by atoms with E-state index in [4.69, 9.17) is 0 Å². The molecule has 0 unspecified atom stereocenters. The monoisotopic (exact) mass is 210 g/mol. The van der Waals surface area contributed by atoms with E-state index in [9.17, 15) is 13.2 Å². The van der Waals surface area contributed by atoms with E-state index in [1.165, 1.54) is 11.3 Å². The van der Waals surface area contributed by atoms with Gasteiger partial charge in [0.15, 0.2) is 5.83 Å². The third-order valence-corrected chi connectivity index (χ3v) is 3.16. The molecule has 0 amide bonds. The predicted molar refractivity (Wildman–Crippen MR) is 45.4 cm³/mol. The third-order valence-electron chi connectivity index (χ3n) is 1.04. The van der Waals surface area contributed by atoms with Crippen LogP contribution in [0.1, 0.15) is 0 Å². The molecule has 0 spiro atoms. The van der Waals surface area contributed by atoms with E-state index in [1.807, 2.05) is 5.38 Å². The van der Waals surface area contributed by atoms with Crippen LogP contribution in [-0.4, -0.2) is 5.75 Å². The first kappa shape index (κ1) is 9.67. The smallest absolute Gasteiger partial charge is 0.205 e. The largest absolute Gasteiger partial charge is 0.302 e. The van der Waals surface area contributed by atoms with Crippen molar-refractivity contribution in [1.29, 1.82) is 0 Å². The van der Waals surface area contributed by atoms with Crippen molar-refractivity contribution < 1.29 is 13.2 Å². The van der Waals surface area contributed by atoms with Crippen molar-refractivity contribution in [3.05, 3.63) is 29.4 Å². The molecule has 1 aromatic rings. The molecule has 1 heterocycles. The molecule has 0 saturated carbocycles. The summed E-state index contributed by atoms with van der Waals surface area (Å²) in [4.78, 5) is 0. The highest BCUT2D eigenvalue weighted by atomic mass is 32.2. The third kappa shape index (κ3) is 2.91. The van der Waals surface area contributed by atoms with Gasteiger partial charge in [0.1, 0.15) is 0 Å². The summed E-state index contributed by atoms with van der Waals surface area (Å²) in [5, 5.41) is 1.82. The zero-order chi connectivity index (χ0) is 8.97. The fourth-order valence-electron chi connectivity index (χ4n) is 0.535. The lowest BCUT2D eigenvalue weighted by Crippen LogP contribution is -1.79. The van der Waals surface area contributed by atoms with Gasteiger partial charge in [0, 0.05) is 0 Å². The normalized spacial score (nSPS) is 9.92. The number of thiophene rings is 1. The van der Waals surface area contributed by atoms with Crippen molar-refractivity contribution in [2.45, 2.75) is 4.21 Å². The van der Waals surface area contributed by atoms with Crippen LogP contribution in [0, 0.1) is 0 Å². The van der Waals surface area contributed by atoms with E-state index >= 15 is 0 Å². The van der Waals surface area contributed by atoms with Crippen LogP contribution in [0.3, 0.4) is 0 Å². The standard InChI is InChI=1S/C7H5F3S2/c8-5(7(9)10)4-12-6-2-1-3-11-6/h1-3H,4H2. The van der Waals surface area contributed by atoms with Gasteiger partial charge in [0.05, 0.1) is 9.96 Å². The molecule has 0 radical (unpaired) electrons. The molecule has 1 aromatic heterocycles. The Balaban J connectivity index is 2.42. The summed E-state index contributed by atoms with van der Waals surface area (Å²) in [5.41, 5.74) is 0. The highest BCUT2D eigenvalue weighted by Gasteiger charge is 2.05. The Morgan fingerprint density at radius 3 is 2.67 bits per heavy atom. The van der Waals surface area contributed by atoms with E-state index in [0.717, 1.165) is 16.0 Å². The number of hydrogen-bond donors (Lipinski definition) is 0. The summed E-state index contributed by atoms with van der Waals surface area (Å²) in [6.07, 6.45) is -2.22. The van der Waals surface area contributed by atoms with Gasteiger partial charge in [-0.25, -0.2) is 4.39 Å². The van der Waals surface area contributed by atoms with Gasteiger partial charge in [0.2, 0.25) is 0 Å². The Kier molecular flexibility index (Phi) is 3.68. The van der Waals surface area contributed by atoms with E-state index < -0.39 is 11.9 Å². The van der Waals surface area contributed by atoms with Gasteiger partial charge in [-0.3, -0.25) is 0 Å². The summed E-state index contributed by atoms with van der Waals surface area (Å²) in [6, 6.07) is 3.55. The Morgan fingerprint density at radius 1 is 1.42 bits per heavy atom. The van der Waals surface area contributed by atoms with Crippen molar-refractivity contribution in [3.63, 3.8) is 0 Å². The number of rotatable bonds is 3. The fourth-order valence-corrected chi connectivity index (χ4v) is 2.15. The van der Waals surface area contributed by atoms with Crippen LogP contribution in [-0.2, 0) is 0 Å².